The second-order valence-electron chi connectivity index (χ2n) is 6.05. The Hall–Kier alpha value is -2.20. The van der Waals surface area contributed by atoms with Gasteiger partial charge in [0.25, 0.3) is 0 Å². The maximum absolute atomic E-state index is 11.6. The molecule has 2 heterocycles. The predicted molar refractivity (Wildman–Crippen MR) is 73.6 cm³/mol. The topological polar surface area (TPSA) is 112 Å². The molecule has 10 nitrogen and oxygen atoms in total. The van der Waals surface area contributed by atoms with Gasteiger partial charge in [-0.15, -0.1) is 0 Å². The zero-order valence-corrected chi connectivity index (χ0v) is 13.0. The molecule has 1 saturated carbocycles. The molecule has 2 saturated heterocycles. The van der Waals surface area contributed by atoms with Crippen LogP contribution in [0.15, 0.2) is 0 Å². The van der Waals surface area contributed by atoms with E-state index in [1.165, 1.54) is 0 Å². The number of rotatable bonds is 2. The zero-order chi connectivity index (χ0) is 17.1. The molecule has 2 unspecified atom stereocenters. The van der Waals surface area contributed by atoms with Gasteiger partial charge in [-0.05, 0) is 12.8 Å². The lowest BCUT2D eigenvalue weighted by Crippen LogP contribution is -2.56. The van der Waals surface area contributed by atoms with Crippen LogP contribution in [0.25, 0.3) is 0 Å². The molecule has 0 amide bonds. The highest BCUT2D eigenvalue weighted by Crippen LogP contribution is 2.28. The monoisotopic (exact) mass is 342 g/mol. The predicted octanol–water partition coefficient (Wildman–Crippen LogP) is -1.07. The van der Waals surface area contributed by atoms with Crippen molar-refractivity contribution in [2.45, 2.75) is 37.8 Å². The third-order valence-electron chi connectivity index (χ3n) is 4.42. The normalized spacial score (nSPS) is 30.5. The molecule has 24 heavy (non-hydrogen) atoms. The van der Waals surface area contributed by atoms with Gasteiger partial charge in [-0.3, -0.25) is 9.80 Å². The van der Waals surface area contributed by atoms with Gasteiger partial charge in [-0.2, -0.15) is 0 Å². The van der Waals surface area contributed by atoms with E-state index in [-0.39, 0.29) is 38.3 Å². The maximum Gasteiger partial charge on any atom is 0.369 e. The van der Waals surface area contributed by atoms with Crippen molar-refractivity contribution >= 4 is 23.9 Å². The van der Waals surface area contributed by atoms with Gasteiger partial charge in [-0.25, -0.2) is 38.7 Å². The van der Waals surface area contributed by atoms with Crippen molar-refractivity contribution in [3.8, 4) is 0 Å². The van der Waals surface area contributed by atoms with E-state index in [4.69, 9.17) is 0 Å². The zero-order valence-electron chi connectivity index (χ0n) is 13.0. The molecule has 0 aromatic heterocycles. The lowest BCUT2D eigenvalue weighted by Gasteiger charge is -2.42. The van der Waals surface area contributed by atoms with E-state index in [2.05, 4.69) is 19.6 Å². The summed E-state index contributed by atoms with van der Waals surface area (Å²) in [6.45, 7) is -0.351. The first-order valence-corrected chi connectivity index (χ1v) is 7.81. The van der Waals surface area contributed by atoms with Gasteiger partial charge in [0, 0.05) is 12.1 Å². The molecule has 0 spiro atoms. The van der Waals surface area contributed by atoms with Crippen LogP contribution in [0, 0.1) is 0 Å². The maximum atomic E-state index is 11.6. The number of carbonyl (C=O) groups is 4. The Morgan fingerprint density at radius 2 is 0.875 bits per heavy atom. The molecular weight excluding hydrogens is 324 g/mol. The largest absolute Gasteiger partial charge is 0.369 e. The summed E-state index contributed by atoms with van der Waals surface area (Å²) in [5.74, 6) is -2.61. The average Bonchev–Trinajstić information content (AvgIpc) is 2.84. The van der Waals surface area contributed by atoms with Crippen LogP contribution in [0.4, 0.5) is 0 Å². The van der Waals surface area contributed by atoms with Crippen LogP contribution in [0.1, 0.15) is 25.7 Å². The highest BCUT2D eigenvalue weighted by Gasteiger charge is 2.40. The number of hydrogen-bond acceptors (Lipinski definition) is 10. The first kappa shape index (κ1) is 16.7. The molecule has 10 heteroatoms. The van der Waals surface area contributed by atoms with E-state index in [1.807, 2.05) is 0 Å². The minimum atomic E-state index is -0.653. The summed E-state index contributed by atoms with van der Waals surface area (Å²) in [6.07, 6.45) is 3.30. The van der Waals surface area contributed by atoms with Crippen molar-refractivity contribution in [2.24, 2.45) is 0 Å². The summed E-state index contributed by atoms with van der Waals surface area (Å²) in [5.41, 5.74) is 0. The Morgan fingerprint density at radius 3 is 1.17 bits per heavy atom. The first-order chi connectivity index (χ1) is 11.5. The van der Waals surface area contributed by atoms with Gasteiger partial charge in [0.2, 0.25) is 0 Å². The fourth-order valence-electron chi connectivity index (χ4n) is 3.48. The molecule has 1 aliphatic carbocycles. The summed E-state index contributed by atoms with van der Waals surface area (Å²) in [5, 5.41) is 0. The van der Waals surface area contributed by atoms with Crippen LogP contribution in [-0.2, 0) is 38.7 Å². The quantitative estimate of drug-likeness (QED) is 0.575. The molecular formula is C14H18N2O8. The van der Waals surface area contributed by atoms with Gasteiger partial charge in [0.1, 0.15) is 26.2 Å². The lowest BCUT2D eigenvalue weighted by atomic mass is 9.87. The molecule has 3 aliphatic rings. The Bertz CT molecular complexity index is 467. The summed E-state index contributed by atoms with van der Waals surface area (Å²) in [6, 6.07) is -0.369. The van der Waals surface area contributed by atoms with E-state index >= 15 is 0 Å². The van der Waals surface area contributed by atoms with Gasteiger partial charge in [0.05, 0.1) is 0 Å². The molecule has 0 aromatic rings. The molecule has 0 bridgehead atoms. The van der Waals surface area contributed by atoms with Gasteiger partial charge in [0.15, 0.2) is 0 Å². The van der Waals surface area contributed by atoms with Crippen molar-refractivity contribution in [1.82, 2.24) is 9.80 Å². The Morgan fingerprint density at radius 1 is 0.583 bits per heavy atom. The molecule has 3 rings (SSSR count). The summed E-state index contributed by atoms with van der Waals surface area (Å²) in [4.78, 5) is 67.4. The summed E-state index contributed by atoms with van der Waals surface area (Å²) >= 11 is 0. The second kappa shape index (κ2) is 7.14. The fourth-order valence-corrected chi connectivity index (χ4v) is 3.48. The summed E-state index contributed by atoms with van der Waals surface area (Å²) < 4.78 is 0. The molecule has 0 radical (unpaired) electrons. The van der Waals surface area contributed by atoms with Crippen LogP contribution in [0.5, 0.6) is 0 Å². The summed E-state index contributed by atoms with van der Waals surface area (Å²) in [7, 11) is 0. The van der Waals surface area contributed by atoms with Crippen LogP contribution in [0.2, 0.25) is 0 Å². The molecule has 3 fully saturated rings. The Kier molecular flexibility index (Phi) is 4.95. The first-order valence-electron chi connectivity index (χ1n) is 7.81. The van der Waals surface area contributed by atoms with E-state index < -0.39 is 23.9 Å². The van der Waals surface area contributed by atoms with Crippen LogP contribution >= 0.6 is 0 Å². The Balaban J connectivity index is 1.79. The second-order valence-corrected chi connectivity index (χ2v) is 6.05. The smallest absolute Gasteiger partial charge is 0.278 e. The minimum absolute atomic E-state index is 0.0877. The SMILES string of the molecule is O=C1CN(C2CCCCC2N2CC(=O)OOC(=O)C2)CC(=O)OO1. The lowest BCUT2D eigenvalue weighted by molar-refractivity contribution is -0.253. The third kappa shape index (κ3) is 3.82. The van der Waals surface area contributed by atoms with E-state index in [1.54, 1.807) is 9.80 Å². The molecule has 0 N–H and O–H groups in total. The highest BCUT2D eigenvalue weighted by molar-refractivity contribution is 5.79. The van der Waals surface area contributed by atoms with Crippen LogP contribution in [0.3, 0.4) is 0 Å². The van der Waals surface area contributed by atoms with E-state index in [0.29, 0.717) is 0 Å². The van der Waals surface area contributed by atoms with Crippen molar-refractivity contribution in [3.05, 3.63) is 0 Å². The van der Waals surface area contributed by atoms with Crippen molar-refractivity contribution < 1.29 is 38.7 Å². The standard InChI is InChI=1S/C14H18N2O8/c17-11-5-15(6-12(18)22-21-11)9-3-1-2-4-10(9)16-7-13(19)23-24-14(20)8-16/h9-10H,1-8H2. The van der Waals surface area contributed by atoms with Crippen molar-refractivity contribution in [3.63, 3.8) is 0 Å². The third-order valence-corrected chi connectivity index (χ3v) is 4.42. The van der Waals surface area contributed by atoms with Crippen molar-refractivity contribution in [2.75, 3.05) is 26.2 Å². The Labute approximate surface area is 137 Å². The van der Waals surface area contributed by atoms with Gasteiger partial charge >= 0.3 is 23.9 Å². The number of nitrogens with zero attached hydrogens (tertiary/aromatic N) is 2. The average molecular weight is 342 g/mol. The van der Waals surface area contributed by atoms with Crippen LogP contribution < -0.4 is 0 Å². The number of hydrogen-bond donors (Lipinski definition) is 0. The van der Waals surface area contributed by atoms with E-state index in [9.17, 15) is 19.2 Å². The number of carbonyl (C=O) groups excluding carboxylic acids is 4. The molecule has 132 valence electrons. The molecule has 0 aromatic carbocycles. The minimum Gasteiger partial charge on any atom is -0.278 e. The van der Waals surface area contributed by atoms with Crippen molar-refractivity contribution in [1.29, 1.82) is 0 Å². The van der Waals surface area contributed by atoms with E-state index in [0.717, 1.165) is 25.7 Å². The fraction of sp³-hybridized carbons (Fsp3) is 0.714. The van der Waals surface area contributed by atoms with Crippen LogP contribution in [-0.4, -0.2) is 71.9 Å². The molecule has 2 atom stereocenters. The van der Waals surface area contributed by atoms with Gasteiger partial charge < -0.3 is 0 Å². The molecule has 2 aliphatic heterocycles. The highest BCUT2D eigenvalue weighted by atomic mass is 17.2. The van der Waals surface area contributed by atoms with Gasteiger partial charge in [-0.1, -0.05) is 12.8 Å².